The SMILES string of the molecule is Nc1nccc(-c2cccc(OCC3CCOCC3)c2)n1. The average Bonchev–Trinajstić information content (AvgIpc) is 2.54. The van der Waals surface area contributed by atoms with E-state index in [4.69, 9.17) is 15.2 Å². The van der Waals surface area contributed by atoms with E-state index in [0.717, 1.165) is 49.7 Å². The van der Waals surface area contributed by atoms with Gasteiger partial charge in [0.05, 0.1) is 12.3 Å². The van der Waals surface area contributed by atoms with E-state index in [1.54, 1.807) is 6.20 Å². The third-order valence-corrected chi connectivity index (χ3v) is 3.63. The summed E-state index contributed by atoms with van der Waals surface area (Å²) < 4.78 is 11.3. The van der Waals surface area contributed by atoms with Gasteiger partial charge in [0.1, 0.15) is 5.75 Å². The van der Waals surface area contributed by atoms with E-state index in [2.05, 4.69) is 9.97 Å². The number of ether oxygens (including phenoxy) is 2. The van der Waals surface area contributed by atoms with Crippen LogP contribution in [-0.2, 0) is 4.74 Å². The van der Waals surface area contributed by atoms with Crippen LogP contribution in [-0.4, -0.2) is 29.8 Å². The summed E-state index contributed by atoms with van der Waals surface area (Å²) in [7, 11) is 0. The molecule has 110 valence electrons. The van der Waals surface area contributed by atoms with E-state index in [-0.39, 0.29) is 5.95 Å². The molecule has 21 heavy (non-hydrogen) atoms. The van der Waals surface area contributed by atoms with E-state index in [1.807, 2.05) is 30.3 Å². The molecule has 3 rings (SSSR count). The lowest BCUT2D eigenvalue weighted by molar-refractivity contribution is 0.0497. The predicted molar refractivity (Wildman–Crippen MR) is 80.9 cm³/mol. The third kappa shape index (κ3) is 3.70. The summed E-state index contributed by atoms with van der Waals surface area (Å²) in [6.45, 7) is 2.42. The molecule has 2 aromatic rings. The van der Waals surface area contributed by atoms with E-state index in [1.165, 1.54) is 0 Å². The van der Waals surface area contributed by atoms with Gasteiger partial charge in [0.2, 0.25) is 5.95 Å². The molecule has 1 aromatic heterocycles. The molecule has 1 aromatic carbocycles. The minimum Gasteiger partial charge on any atom is -0.493 e. The molecule has 1 aliphatic heterocycles. The maximum atomic E-state index is 5.91. The lowest BCUT2D eigenvalue weighted by Crippen LogP contribution is -2.21. The Morgan fingerprint density at radius 3 is 2.90 bits per heavy atom. The van der Waals surface area contributed by atoms with Crippen molar-refractivity contribution in [1.82, 2.24) is 9.97 Å². The van der Waals surface area contributed by atoms with Crippen LogP contribution in [0.3, 0.4) is 0 Å². The van der Waals surface area contributed by atoms with Gasteiger partial charge < -0.3 is 15.2 Å². The summed E-state index contributed by atoms with van der Waals surface area (Å²) in [5, 5.41) is 0. The standard InChI is InChI=1S/C16H19N3O2/c17-16-18-7-4-15(19-16)13-2-1-3-14(10-13)21-11-12-5-8-20-9-6-12/h1-4,7,10,12H,5-6,8-9,11H2,(H2,17,18,19). The molecule has 0 bridgehead atoms. The maximum absolute atomic E-state index is 5.91. The summed E-state index contributed by atoms with van der Waals surface area (Å²) in [5.41, 5.74) is 7.41. The average molecular weight is 285 g/mol. The molecule has 2 heterocycles. The number of nitrogens with zero attached hydrogens (tertiary/aromatic N) is 2. The second kappa shape index (κ2) is 6.54. The molecule has 5 nitrogen and oxygen atoms in total. The van der Waals surface area contributed by atoms with Crippen LogP contribution in [0.4, 0.5) is 5.95 Å². The zero-order valence-electron chi connectivity index (χ0n) is 11.9. The first-order chi connectivity index (χ1) is 10.3. The third-order valence-electron chi connectivity index (χ3n) is 3.63. The number of hydrogen-bond donors (Lipinski definition) is 1. The van der Waals surface area contributed by atoms with Crippen LogP contribution < -0.4 is 10.5 Å². The van der Waals surface area contributed by atoms with Gasteiger partial charge in [-0.2, -0.15) is 0 Å². The minimum atomic E-state index is 0.279. The number of aromatic nitrogens is 2. The smallest absolute Gasteiger partial charge is 0.220 e. The van der Waals surface area contributed by atoms with Crippen molar-refractivity contribution in [1.29, 1.82) is 0 Å². The van der Waals surface area contributed by atoms with Gasteiger partial charge in [-0.25, -0.2) is 9.97 Å². The summed E-state index contributed by atoms with van der Waals surface area (Å²) in [6.07, 6.45) is 3.80. The molecule has 0 amide bonds. The fourth-order valence-electron chi connectivity index (χ4n) is 2.41. The minimum absolute atomic E-state index is 0.279. The Morgan fingerprint density at radius 1 is 1.24 bits per heavy atom. The second-order valence-electron chi connectivity index (χ2n) is 5.19. The Hall–Kier alpha value is -2.14. The van der Waals surface area contributed by atoms with Gasteiger partial charge in [-0.3, -0.25) is 0 Å². The second-order valence-corrected chi connectivity index (χ2v) is 5.19. The van der Waals surface area contributed by atoms with Gasteiger partial charge >= 0.3 is 0 Å². The van der Waals surface area contributed by atoms with Crippen LogP contribution in [0.5, 0.6) is 5.75 Å². The van der Waals surface area contributed by atoms with Crippen LogP contribution in [0.1, 0.15) is 12.8 Å². The molecule has 0 aliphatic carbocycles. The Balaban J connectivity index is 1.68. The van der Waals surface area contributed by atoms with Crippen LogP contribution in [0.15, 0.2) is 36.5 Å². The monoisotopic (exact) mass is 285 g/mol. The van der Waals surface area contributed by atoms with Crippen LogP contribution >= 0.6 is 0 Å². The first kappa shape index (κ1) is 13.8. The van der Waals surface area contributed by atoms with Crippen molar-refractivity contribution >= 4 is 5.95 Å². The van der Waals surface area contributed by atoms with Crippen molar-refractivity contribution in [3.05, 3.63) is 36.5 Å². The Morgan fingerprint density at radius 2 is 2.10 bits per heavy atom. The summed E-state index contributed by atoms with van der Waals surface area (Å²) in [6, 6.07) is 9.75. The molecular formula is C16H19N3O2. The van der Waals surface area contributed by atoms with E-state index < -0.39 is 0 Å². The van der Waals surface area contributed by atoms with Crippen molar-refractivity contribution in [3.8, 4) is 17.0 Å². The first-order valence-corrected chi connectivity index (χ1v) is 7.21. The lowest BCUT2D eigenvalue weighted by Gasteiger charge is -2.22. The zero-order valence-corrected chi connectivity index (χ0v) is 11.9. The van der Waals surface area contributed by atoms with E-state index in [9.17, 15) is 0 Å². The lowest BCUT2D eigenvalue weighted by atomic mass is 10.0. The first-order valence-electron chi connectivity index (χ1n) is 7.21. The predicted octanol–water partition coefficient (Wildman–Crippen LogP) is 2.53. The normalized spacial score (nSPS) is 15.8. The number of benzene rings is 1. The Bertz CT molecular complexity index is 598. The van der Waals surface area contributed by atoms with Gasteiger partial charge in [-0.1, -0.05) is 12.1 Å². The molecule has 1 aliphatic rings. The molecule has 0 atom stereocenters. The molecule has 1 saturated heterocycles. The van der Waals surface area contributed by atoms with Crippen molar-refractivity contribution in [2.45, 2.75) is 12.8 Å². The van der Waals surface area contributed by atoms with Crippen LogP contribution in [0, 0.1) is 5.92 Å². The van der Waals surface area contributed by atoms with Gasteiger partial charge in [0.15, 0.2) is 0 Å². The van der Waals surface area contributed by atoms with Crippen molar-refractivity contribution in [2.75, 3.05) is 25.6 Å². The highest BCUT2D eigenvalue weighted by atomic mass is 16.5. The van der Waals surface area contributed by atoms with Crippen molar-refractivity contribution in [3.63, 3.8) is 0 Å². The molecule has 0 radical (unpaired) electrons. The van der Waals surface area contributed by atoms with Crippen molar-refractivity contribution in [2.24, 2.45) is 5.92 Å². The van der Waals surface area contributed by atoms with Crippen molar-refractivity contribution < 1.29 is 9.47 Å². The fourth-order valence-corrected chi connectivity index (χ4v) is 2.41. The van der Waals surface area contributed by atoms with E-state index >= 15 is 0 Å². The highest BCUT2D eigenvalue weighted by Gasteiger charge is 2.14. The number of hydrogen-bond acceptors (Lipinski definition) is 5. The van der Waals surface area contributed by atoms with Crippen LogP contribution in [0.25, 0.3) is 11.3 Å². The maximum Gasteiger partial charge on any atom is 0.220 e. The molecule has 5 heteroatoms. The Labute approximate surface area is 124 Å². The number of anilines is 1. The zero-order chi connectivity index (χ0) is 14.5. The molecule has 0 unspecified atom stereocenters. The highest BCUT2D eigenvalue weighted by Crippen LogP contribution is 2.24. The summed E-state index contributed by atoms with van der Waals surface area (Å²) in [4.78, 5) is 8.14. The Kier molecular flexibility index (Phi) is 4.31. The van der Waals surface area contributed by atoms with Gasteiger partial charge in [0, 0.05) is 25.0 Å². The quantitative estimate of drug-likeness (QED) is 0.934. The molecule has 1 fully saturated rings. The van der Waals surface area contributed by atoms with Gasteiger partial charge in [-0.05, 0) is 37.0 Å². The van der Waals surface area contributed by atoms with Gasteiger partial charge in [0.25, 0.3) is 0 Å². The topological polar surface area (TPSA) is 70.3 Å². The molecule has 2 N–H and O–H groups in total. The largest absolute Gasteiger partial charge is 0.493 e. The van der Waals surface area contributed by atoms with Crippen LogP contribution in [0.2, 0.25) is 0 Å². The number of nitrogen functional groups attached to an aromatic ring is 1. The highest BCUT2D eigenvalue weighted by molar-refractivity contribution is 5.61. The summed E-state index contributed by atoms with van der Waals surface area (Å²) in [5.74, 6) is 1.72. The van der Waals surface area contributed by atoms with Gasteiger partial charge in [-0.15, -0.1) is 0 Å². The number of nitrogens with two attached hydrogens (primary N) is 1. The number of rotatable bonds is 4. The molecule has 0 spiro atoms. The molecule has 0 saturated carbocycles. The van der Waals surface area contributed by atoms with E-state index in [0.29, 0.717) is 5.92 Å². The summed E-state index contributed by atoms with van der Waals surface area (Å²) >= 11 is 0. The molecular weight excluding hydrogens is 266 g/mol. The fraction of sp³-hybridized carbons (Fsp3) is 0.375.